The van der Waals surface area contributed by atoms with E-state index in [0.29, 0.717) is 0 Å². The highest BCUT2D eigenvalue weighted by atomic mass is 19.4. The third-order valence-corrected chi connectivity index (χ3v) is 1.43. The van der Waals surface area contributed by atoms with Gasteiger partial charge in [0.2, 0.25) is 5.88 Å². The van der Waals surface area contributed by atoms with Gasteiger partial charge in [-0.15, -0.1) is 13.2 Å². The number of aromatic nitrogens is 1. The van der Waals surface area contributed by atoms with E-state index in [1.807, 2.05) is 0 Å². The summed E-state index contributed by atoms with van der Waals surface area (Å²) in [6.07, 6.45) is -4.26. The highest BCUT2D eigenvalue weighted by Gasteiger charge is 2.31. The number of halogens is 3. The second-order valence-corrected chi connectivity index (χ2v) is 2.53. The van der Waals surface area contributed by atoms with Gasteiger partial charge < -0.3 is 9.84 Å². The van der Waals surface area contributed by atoms with Crippen molar-refractivity contribution >= 4 is 0 Å². The first-order valence-electron chi connectivity index (χ1n) is 3.73. The molecule has 0 aliphatic carbocycles. The highest BCUT2D eigenvalue weighted by molar-refractivity contribution is 5.35. The summed E-state index contributed by atoms with van der Waals surface area (Å²) < 4.78 is 38.8. The van der Waals surface area contributed by atoms with Crippen molar-refractivity contribution in [2.45, 2.75) is 12.8 Å². The lowest BCUT2D eigenvalue weighted by molar-refractivity contribution is -0.276. The molecular formula is C8H5F3N2O2. The average molecular weight is 218 g/mol. The van der Waals surface area contributed by atoms with Crippen LogP contribution in [0.5, 0.6) is 11.6 Å². The molecule has 4 nitrogen and oxygen atoms in total. The number of aromatic hydroxyl groups is 1. The van der Waals surface area contributed by atoms with Crippen LogP contribution in [-0.2, 0) is 6.42 Å². The summed E-state index contributed by atoms with van der Waals surface area (Å²) in [6, 6.07) is 2.56. The Kier molecular flexibility index (Phi) is 2.99. The second kappa shape index (κ2) is 4.04. The van der Waals surface area contributed by atoms with Crippen LogP contribution < -0.4 is 4.74 Å². The summed E-state index contributed by atoms with van der Waals surface area (Å²) in [4.78, 5) is 3.20. The maximum absolute atomic E-state index is 11.8. The Labute approximate surface area is 82.5 Å². The second-order valence-electron chi connectivity index (χ2n) is 2.53. The largest absolute Gasteiger partial charge is 0.574 e. The molecule has 1 heterocycles. The Bertz CT molecular complexity index is 398. The molecule has 0 fully saturated rings. The summed E-state index contributed by atoms with van der Waals surface area (Å²) >= 11 is 0. The van der Waals surface area contributed by atoms with Gasteiger partial charge in [-0.2, -0.15) is 5.26 Å². The van der Waals surface area contributed by atoms with Crippen molar-refractivity contribution in [2.24, 2.45) is 0 Å². The average Bonchev–Trinajstić information content (AvgIpc) is 2.09. The van der Waals surface area contributed by atoms with E-state index in [-0.39, 0.29) is 17.7 Å². The SMILES string of the molecule is N#CCc1cc(OC(F)(F)F)ncc1O. The Morgan fingerprint density at radius 3 is 2.73 bits per heavy atom. The van der Waals surface area contributed by atoms with E-state index in [9.17, 15) is 13.2 Å². The molecule has 0 saturated heterocycles. The fourth-order valence-corrected chi connectivity index (χ4v) is 0.869. The predicted octanol–water partition coefficient (Wildman–Crippen LogP) is 1.75. The molecule has 1 aromatic heterocycles. The smallest absolute Gasteiger partial charge is 0.506 e. The third-order valence-electron chi connectivity index (χ3n) is 1.43. The topological polar surface area (TPSA) is 66.1 Å². The van der Waals surface area contributed by atoms with Gasteiger partial charge in [-0.05, 0) is 0 Å². The molecule has 80 valence electrons. The summed E-state index contributed by atoms with van der Waals surface area (Å²) in [6.45, 7) is 0. The molecule has 0 spiro atoms. The van der Waals surface area contributed by atoms with Crippen LogP contribution in [0.4, 0.5) is 13.2 Å². The highest BCUT2D eigenvalue weighted by Crippen LogP contribution is 2.25. The molecule has 0 saturated carbocycles. The summed E-state index contributed by atoms with van der Waals surface area (Å²) in [5.74, 6) is -1.04. The Balaban J connectivity index is 2.93. The fraction of sp³-hybridized carbons (Fsp3) is 0.250. The minimum absolute atomic E-state index is 0.0340. The lowest BCUT2D eigenvalue weighted by Crippen LogP contribution is -2.18. The van der Waals surface area contributed by atoms with E-state index in [4.69, 9.17) is 10.4 Å². The van der Waals surface area contributed by atoms with Gasteiger partial charge in [0, 0.05) is 11.6 Å². The number of hydrogen-bond donors (Lipinski definition) is 1. The van der Waals surface area contributed by atoms with Crippen molar-refractivity contribution in [3.63, 3.8) is 0 Å². The minimum Gasteiger partial charge on any atom is -0.506 e. The molecule has 1 aromatic rings. The van der Waals surface area contributed by atoms with E-state index in [2.05, 4.69) is 9.72 Å². The van der Waals surface area contributed by atoms with Crippen molar-refractivity contribution in [1.82, 2.24) is 4.98 Å². The van der Waals surface area contributed by atoms with E-state index in [0.717, 1.165) is 12.3 Å². The first kappa shape index (κ1) is 11.1. The zero-order valence-corrected chi connectivity index (χ0v) is 7.25. The van der Waals surface area contributed by atoms with E-state index < -0.39 is 12.2 Å². The number of nitrogens with zero attached hydrogens (tertiary/aromatic N) is 2. The molecule has 7 heteroatoms. The van der Waals surface area contributed by atoms with E-state index in [1.165, 1.54) is 0 Å². The van der Waals surface area contributed by atoms with Crippen LogP contribution in [0.1, 0.15) is 5.56 Å². The lowest BCUT2D eigenvalue weighted by Gasteiger charge is -2.08. The Hall–Kier alpha value is -1.97. The van der Waals surface area contributed by atoms with Gasteiger partial charge in [0.15, 0.2) is 0 Å². The van der Waals surface area contributed by atoms with Crippen LogP contribution in [0.3, 0.4) is 0 Å². The minimum atomic E-state index is -4.84. The van der Waals surface area contributed by atoms with Crippen LogP contribution >= 0.6 is 0 Å². The van der Waals surface area contributed by atoms with Crippen molar-refractivity contribution in [3.05, 3.63) is 17.8 Å². The number of rotatable bonds is 2. The van der Waals surface area contributed by atoms with E-state index >= 15 is 0 Å². The fourth-order valence-electron chi connectivity index (χ4n) is 0.869. The zero-order chi connectivity index (χ0) is 11.5. The van der Waals surface area contributed by atoms with Crippen molar-refractivity contribution in [2.75, 3.05) is 0 Å². The number of nitriles is 1. The maximum Gasteiger partial charge on any atom is 0.574 e. The van der Waals surface area contributed by atoms with Crippen LogP contribution in [0.15, 0.2) is 12.3 Å². The molecule has 0 aliphatic rings. The molecule has 0 radical (unpaired) electrons. The van der Waals surface area contributed by atoms with Gasteiger partial charge in [-0.1, -0.05) is 0 Å². The molecule has 1 rings (SSSR count). The summed E-state index contributed by atoms with van der Waals surface area (Å²) in [7, 11) is 0. The molecule has 1 N–H and O–H groups in total. The number of alkyl halides is 3. The quantitative estimate of drug-likeness (QED) is 0.821. The first-order chi connectivity index (χ1) is 6.92. The molecule has 15 heavy (non-hydrogen) atoms. The van der Waals surface area contributed by atoms with Crippen LogP contribution in [0, 0.1) is 11.3 Å². The van der Waals surface area contributed by atoms with Crippen LogP contribution in [0.25, 0.3) is 0 Å². The predicted molar refractivity (Wildman–Crippen MR) is 41.9 cm³/mol. The van der Waals surface area contributed by atoms with Gasteiger partial charge in [-0.25, -0.2) is 4.98 Å². The van der Waals surface area contributed by atoms with Crippen LogP contribution in [0.2, 0.25) is 0 Å². The van der Waals surface area contributed by atoms with Gasteiger partial charge >= 0.3 is 6.36 Å². The van der Waals surface area contributed by atoms with Gasteiger partial charge in [0.1, 0.15) is 5.75 Å². The maximum atomic E-state index is 11.8. The summed E-state index contributed by atoms with van der Waals surface area (Å²) in [5, 5.41) is 17.4. The normalized spacial score (nSPS) is 10.8. The lowest BCUT2D eigenvalue weighted by atomic mass is 10.2. The molecule has 0 atom stereocenters. The van der Waals surface area contributed by atoms with Gasteiger partial charge in [0.05, 0.1) is 18.7 Å². The molecular weight excluding hydrogens is 213 g/mol. The standard InChI is InChI=1S/C8H5F3N2O2/c9-8(10,11)15-7-3-5(1-2-12)6(14)4-13-7/h3-4,14H,1H2. The monoisotopic (exact) mass is 218 g/mol. The van der Waals surface area contributed by atoms with Crippen LogP contribution in [-0.4, -0.2) is 16.5 Å². The molecule has 0 aromatic carbocycles. The summed E-state index contributed by atoms with van der Waals surface area (Å²) in [5.41, 5.74) is 0.0340. The first-order valence-corrected chi connectivity index (χ1v) is 3.73. The molecule has 0 aliphatic heterocycles. The Morgan fingerprint density at radius 2 is 2.20 bits per heavy atom. The van der Waals surface area contributed by atoms with Crippen molar-refractivity contribution < 1.29 is 23.0 Å². The van der Waals surface area contributed by atoms with E-state index in [1.54, 1.807) is 6.07 Å². The Morgan fingerprint density at radius 1 is 1.53 bits per heavy atom. The van der Waals surface area contributed by atoms with Crippen molar-refractivity contribution in [3.8, 4) is 17.7 Å². The third kappa shape index (κ3) is 3.34. The number of pyridine rings is 1. The van der Waals surface area contributed by atoms with Crippen molar-refractivity contribution in [1.29, 1.82) is 5.26 Å². The molecule has 0 amide bonds. The number of ether oxygens (including phenoxy) is 1. The zero-order valence-electron chi connectivity index (χ0n) is 7.25. The van der Waals surface area contributed by atoms with Gasteiger partial charge in [-0.3, -0.25) is 0 Å². The molecule has 0 unspecified atom stereocenters. The molecule has 0 bridgehead atoms. The van der Waals surface area contributed by atoms with Gasteiger partial charge in [0.25, 0.3) is 0 Å². The number of hydrogen-bond acceptors (Lipinski definition) is 4.